The number of ether oxygens (including phenoxy) is 1. The molecule has 0 bridgehead atoms. The van der Waals surface area contributed by atoms with E-state index in [1.54, 1.807) is 7.11 Å². The molecular weight excluding hydrogens is 309 g/mol. The van der Waals surface area contributed by atoms with E-state index in [-0.39, 0.29) is 11.9 Å². The lowest BCUT2D eigenvalue weighted by molar-refractivity contribution is 0.414. The van der Waals surface area contributed by atoms with Gasteiger partial charge in [0.05, 0.1) is 7.11 Å². The highest BCUT2D eigenvalue weighted by Gasteiger charge is 2.09. The maximum absolute atomic E-state index is 13.3. The van der Waals surface area contributed by atoms with Crippen LogP contribution >= 0.6 is 15.9 Å². The van der Waals surface area contributed by atoms with Gasteiger partial charge in [-0.3, -0.25) is 0 Å². The van der Waals surface area contributed by atoms with E-state index in [1.165, 1.54) is 12.1 Å². The summed E-state index contributed by atoms with van der Waals surface area (Å²) in [4.78, 5) is 0. The second-order valence-electron chi connectivity index (χ2n) is 4.36. The van der Waals surface area contributed by atoms with E-state index in [4.69, 9.17) is 10.5 Å². The molecule has 0 spiro atoms. The molecule has 0 fully saturated rings. The Labute approximate surface area is 120 Å². The van der Waals surface area contributed by atoms with Crippen molar-refractivity contribution in [2.24, 2.45) is 5.73 Å². The number of methoxy groups -OCH3 is 1. The van der Waals surface area contributed by atoms with Gasteiger partial charge >= 0.3 is 0 Å². The maximum atomic E-state index is 13.3. The SMILES string of the molecule is COc1cccc(C(N)Cc2cc(F)cc(Br)c2)c1. The molecule has 2 rings (SSSR count). The Morgan fingerprint density at radius 3 is 2.74 bits per heavy atom. The summed E-state index contributed by atoms with van der Waals surface area (Å²) in [5, 5.41) is 0. The van der Waals surface area contributed by atoms with Gasteiger partial charge in [0.25, 0.3) is 0 Å². The standard InChI is InChI=1S/C15H15BrFNO/c1-19-14-4-2-3-11(8-14)15(18)7-10-5-12(16)9-13(17)6-10/h2-6,8-9,15H,7,18H2,1H3. The van der Waals surface area contributed by atoms with E-state index in [2.05, 4.69) is 15.9 Å². The molecule has 19 heavy (non-hydrogen) atoms. The normalized spacial score (nSPS) is 12.2. The van der Waals surface area contributed by atoms with Crippen LogP contribution in [0.1, 0.15) is 17.2 Å². The Kier molecular flexibility index (Phi) is 4.56. The predicted octanol–water partition coefficient (Wildman–Crippen LogP) is 3.84. The molecule has 1 unspecified atom stereocenters. The summed E-state index contributed by atoms with van der Waals surface area (Å²) in [7, 11) is 1.62. The summed E-state index contributed by atoms with van der Waals surface area (Å²) in [6.45, 7) is 0. The van der Waals surface area contributed by atoms with E-state index in [0.717, 1.165) is 21.3 Å². The number of nitrogens with two attached hydrogens (primary N) is 1. The molecule has 100 valence electrons. The molecule has 0 aliphatic heterocycles. The molecule has 0 aromatic heterocycles. The van der Waals surface area contributed by atoms with E-state index < -0.39 is 0 Å². The zero-order chi connectivity index (χ0) is 13.8. The zero-order valence-corrected chi connectivity index (χ0v) is 12.2. The molecule has 0 aliphatic rings. The Morgan fingerprint density at radius 2 is 2.05 bits per heavy atom. The number of hydrogen-bond donors (Lipinski definition) is 1. The van der Waals surface area contributed by atoms with Crippen LogP contribution in [0.5, 0.6) is 5.75 Å². The third-order valence-electron chi connectivity index (χ3n) is 2.90. The summed E-state index contributed by atoms with van der Waals surface area (Å²) in [5.41, 5.74) is 7.99. The summed E-state index contributed by atoms with van der Waals surface area (Å²) in [5.74, 6) is 0.510. The number of hydrogen-bond acceptors (Lipinski definition) is 2. The molecule has 0 saturated heterocycles. The molecule has 0 heterocycles. The van der Waals surface area contributed by atoms with Gasteiger partial charge in [-0.2, -0.15) is 0 Å². The zero-order valence-electron chi connectivity index (χ0n) is 10.6. The third-order valence-corrected chi connectivity index (χ3v) is 3.36. The lowest BCUT2D eigenvalue weighted by Crippen LogP contribution is -2.13. The van der Waals surface area contributed by atoms with Crippen LogP contribution in [0.25, 0.3) is 0 Å². The van der Waals surface area contributed by atoms with E-state index >= 15 is 0 Å². The molecule has 2 N–H and O–H groups in total. The first kappa shape index (κ1) is 14.0. The van der Waals surface area contributed by atoms with Gasteiger partial charge in [-0.05, 0) is 47.9 Å². The molecule has 2 nitrogen and oxygen atoms in total. The van der Waals surface area contributed by atoms with Crippen molar-refractivity contribution in [2.45, 2.75) is 12.5 Å². The van der Waals surface area contributed by atoms with Gasteiger partial charge in [0, 0.05) is 10.5 Å². The molecular formula is C15H15BrFNO. The summed E-state index contributed by atoms with van der Waals surface area (Å²) in [6, 6.07) is 12.2. The van der Waals surface area contributed by atoms with Crippen LogP contribution in [-0.2, 0) is 6.42 Å². The van der Waals surface area contributed by atoms with E-state index in [1.807, 2.05) is 30.3 Å². The van der Waals surface area contributed by atoms with Crippen molar-refractivity contribution in [1.82, 2.24) is 0 Å². The Hall–Kier alpha value is -1.39. The minimum Gasteiger partial charge on any atom is -0.497 e. The van der Waals surface area contributed by atoms with Crippen molar-refractivity contribution in [2.75, 3.05) is 7.11 Å². The molecule has 2 aromatic rings. The van der Waals surface area contributed by atoms with E-state index in [0.29, 0.717) is 6.42 Å². The average Bonchev–Trinajstić information content (AvgIpc) is 2.37. The highest BCUT2D eigenvalue weighted by Crippen LogP contribution is 2.22. The van der Waals surface area contributed by atoms with Crippen molar-refractivity contribution in [3.63, 3.8) is 0 Å². The number of halogens is 2. The Morgan fingerprint density at radius 1 is 1.26 bits per heavy atom. The molecule has 2 aromatic carbocycles. The lowest BCUT2D eigenvalue weighted by Gasteiger charge is -2.13. The first-order valence-corrected chi connectivity index (χ1v) is 6.72. The van der Waals surface area contributed by atoms with Crippen LogP contribution in [0.15, 0.2) is 46.9 Å². The number of rotatable bonds is 4. The summed E-state index contributed by atoms with van der Waals surface area (Å²) >= 11 is 3.28. The second kappa shape index (κ2) is 6.17. The number of benzene rings is 2. The van der Waals surface area contributed by atoms with Gasteiger partial charge in [0.2, 0.25) is 0 Å². The predicted molar refractivity (Wildman–Crippen MR) is 77.7 cm³/mol. The van der Waals surface area contributed by atoms with Crippen molar-refractivity contribution < 1.29 is 9.13 Å². The topological polar surface area (TPSA) is 35.2 Å². The average molecular weight is 324 g/mol. The molecule has 0 saturated carbocycles. The Balaban J connectivity index is 2.17. The summed E-state index contributed by atoms with van der Waals surface area (Å²) in [6.07, 6.45) is 0.573. The monoisotopic (exact) mass is 323 g/mol. The van der Waals surface area contributed by atoms with Crippen LogP contribution in [0.2, 0.25) is 0 Å². The Bertz CT molecular complexity index is 554. The largest absolute Gasteiger partial charge is 0.497 e. The van der Waals surface area contributed by atoms with Crippen LogP contribution < -0.4 is 10.5 Å². The van der Waals surface area contributed by atoms with Crippen LogP contribution in [0.3, 0.4) is 0 Å². The molecule has 0 radical (unpaired) electrons. The van der Waals surface area contributed by atoms with Gasteiger partial charge < -0.3 is 10.5 Å². The van der Waals surface area contributed by atoms with Crippen molar-refractivity contribution in [3.05, 3.63) is 63.9 Å². The molecule has 0 amide bonds. The minimum absolute atomic E-state index is 0.191. The highest BCUT2D eigenvalue weighted by atomic mass is 79.9. The van der Waals surface area contributed by atoms with Gasteiger partial charge in [-0.15, -0.1) is 0 Å². The third kappa shape index (κ3) is 3.78. The fourth-order valence-corrected chi connectivity index (χ4v) is 2.49. The van der Waals surface area contributed by atoms with Crippen molar-refractivity contribution in [3.8, 4) is 5.75 Å². The van der Waals surface area contributed by atoms with Gasteiger partial charge in [-0.25, -0.2) is 4.39 Å². The minimum atomic E-state index is -0.262. The smallest absolute Gasteiger partial charge is 0.124 e. The van der Waals surface area contributed by atoms with Crippen LogP contribution in [0, 0.1) is 5.82 Å². The summed E-state index contributed by atoms with van der Waals surface area (Å²) < 4.78 is 19.2. The van der Waals surface area contributed by atoms with Crippen molar-refractivity contribution >= 4 is 15.9 Å². The first-order valence-electron chi connectivity index (χ1n) is 5.93. The van der Waals surface area contributed by atoms with Gasteiger partial charge in [0.1, 0.15) is 11.6 Å². The second-order valence-corrected chi connectivity index (χ2v) is 5.28. The van der Waals surface area contributed by atoms with Gasteiger partial charge in [-0.1, -0.05) is 28.1 Å². The highest BCUT2D eigenvalue weighted by molar-refractivity contribution is 9.10. The fourth-order valence-electron chi connectivity index (χ4n) is 1.97. The quantitative estimate of drug-likeness (QED) is 0.927. The van der Waals surface area contributed by atoms with Crippen LogP contribution in [-0.4, -0.2) is 7.11 Å². The maximum Gasteiger partial charge on any atom is 0.124 e. The molecule has 4 heteroatoms. The van der Waals surface area contributed by atoms with Crippen LogP contribution in [0.4, 0.5) is 4.39 Å². The van der Waals surface area contributed by atoms with Crippen molar-refractivity contribution in [1.29, 1.82) is 0 Å². The first-order chi connectivity index (χ1) is 9.08. The van der Waals surface area contributed by atoms with Gasteiger partial charge in [0.15, 0.2) is 0 Å². The lowest BCUT2D eigenvalue weighted by atomic mass is 9.99. The molecule has 0 aliphatic carbocycles. The molecule has 1 atom stereocenters. The van der Waals surface area contributed by atoms with E-state index in [9.17, 15) is 4.39 Å². The fraction of sp³-hybridized carbons (Fsp3) is 0.200.